The number of ether oxygens (including phenoxy) is 2. The summed E-state index contributed by atoms with van der Waals surface area (Å²) in [6, 6.07) is 1.94. The number of pyridine rings is 1. The quantitative estimate of drug-likeness (QED) is 0.198. The summed E-state index contributed by atoms with van der Waals surface area (Å²) in [7, 11) is -2.01. The molecule has 0 spiro atoms. The monoisotopic (exact) mass is 546 g/mol. The van der Waals surface area contributed by atoms with Gasteiger partial charge >= 0.3 is 5.97 Å². The number of carbonyl (C=O) groups excluding carboxylic acids is 1. The van der Waals surface area contributed by atoms with Crippen molar-refractivity contribution in [2.24, 2.45) is 11.8 Å². The van der Waals surface area contributed by atoms with E-state index in [2.05, 4.69) is 55.4 Å². The highest BCUT2D eigenvalue weighted by molar-refractivity contribution is 6.74. The Morgan fingerprint density at radius 1 is 1.27 bits per heavy atom. The lowest BCUT2D eigenvalue weighted by atomic mass is 10.0. The van der Waals surface area contributed by atoms with Gasteiger partial charge in [0.05, 0.1) is 23.9 Å². The van der Waals surface area contributed by atoms with Crippen molar-refractivity contribution in [1.29, 1.82) is 0 Å². The van der Waals surface area contributed by atoms with Gasteiger partial charge in [-0.05, 0) is 54.4 Å². The van der Waals surface area contributed by atoms with Crippen LogP contribution in [0.1, 0.15) is 53.2 Å². The van der Waals surface area contributed by atoms with Crippen LogP contribution in [0.3, 0.4) is 0 Å². The molecule has 5 rings (SSSR count). The van der Waals surface area contributed by atoms with E-state index >= 15 is 0 Å². The van der Waals surface area contributed by atoms with Crippen molar-refractivity contribution in [3.05, 3.63) is 29.6 Å². The lowest BCUT2D eigenvalue weighted by Gasteiger charge is -2.36. The van der Waals surface area contributed by atoms with E-state index in [1.807, 2.05) is 12.3 Å². The van der Waals surface area contributed by atoms with Crippen LogP contribution in [0.2, 0.25) is 23.3 Å². The molecular weight excluding hydrogens is 508 g/mol. The molecule has 5 atom stereocenters. The lowest BCUT2D eigenvalue weighted by molar-refractivity contribution is -0.151. The first-order valence-electron chi connectivity index (χ1n) is 13.3. The van der Waals surface area contributed by atoms with Crippen molar-refractivity contribution in [3.63, 3.8) is 0 Å². The zero-order chi connectivity index (χ0) is 26.7. The Labute approximate surface area is 225 Å². The summed E-state index contributed by atoms with van der Waals surface area (Å²) in [4.78, 5) is 19.1. The third-order valence-electron chi connectivity index (χ3n) is 8.86. The number of rotatable bonds is 6. The molecule has 2 saturated heterocycles. The number of nitrogens with zero attached hydrogens (tertiary/aromatic N) is 4. The van der Waals surface area contributed by atoms with Crippen LogP contribution in [0.4, 0.5) is 5.69 Å². The Kier molecular flexibility index (Phi) is 6.96. The smallest absolute Gasteiger partial charge is 0.303 e. The van der Waals surface area contributed by atoms with Gasteiger partial charge in [-0.1, -0.05) is 45.4 Å². The molecule has 1 saturated carbocycles. The van der Waals surface area contributed by atoms with E-state index in [1.165, 1.54) is 26.2 Å². The van der Waals surface area contributed by atoms with Crippen molar-refractivity contribution >= 4 is 42.6 Å². The second-order valence-electron chi connectivity index (χ2n) is 12.3. The summed E-state index contributed by atoms with van der Waals surface area (Å²) in [5.74, 6) is 1.08. The highest BCUT2D eigenvalue weighted by Crippen LogP contribution is 2.43. The van der Waals surface area contributed by atoms with Crippen LogP contribution >= 0.6 is 11.6 Å². The highest BCUT2D eigenvalue weighted by Gasteiger charge is 2.46. The molecule has 37 heavy (non-hydrogen) atoms. The fourth-order valence-electron chi connectivity index (χ4n) is 5.69. The zero-order valence-electron chi connectivity index (χ0n) is 22.8. The zero-order valence-corrected chi connectivity index (χ0v) is 24.5. The van der Waals surface area contributed by atoms with E-state index in [9.17, 15) is 4.79 Å². The summed E-state index contributed by atoms with van der Waals surface area (Å²) in [6.45, 7) is 19.0. The first-order valence-corrected chi connectivity index (χ1v) is 16.6. The fourth-order valence-corrected chi connectivity index (χ4v) is 6.87. The van der Waals surface area contributed by atoms with Crippen molar-refractivity contribution in [2.75, 3.05) is 24.6 Å². The maximum Gasteiger partial charge on any atom is 0.303 e. The molecule has 202 valence electrons. The lowest BCUT2D eigenvalue weighted by Crippen LogP contribution is -2.42. The molecule has 0 unspecified atom stereocenters. The summed E-state index contributed by atoms with van der Waals surface area (Å²) >= 11 is 6.54. The largest absolute Gasteiger partial charge is 0.453 e. The van der Waals surface area contributed by atoms with E-state index in [4.69, 9.17) is 25.5 Å². The van der Waals surface area contributed by atoms with Gasteiger partial charge in [-0.15, -0.1) is 0 Å². The van der Waals surface area contributed by atoms with Crippen LogP contribution in [-0.4, -0.2) is 61.0 Å². The Morgan fingerprint density at radius 2 is 1.95 bits per heavy atom. The summed E-state index contributed by atoms with van der Waals surface area (Å²) in [5, 5.41) is 6.06. The second kappa shape index (κ2) is 9.66. The van der Waals surface area contributed by atoms with Crippen LogP contribution in [0.15, 0.2) is 24.4 Å². The van der Waals surface area contributed by atoms with Gasteiger partial charge in [0.15, 0.2) is 26.3 Å². The van der Waals surface area contributed by atoms with E-state index in [-0.39, 0.29) is 5.04 Å². The molecule has 2 aromatic heterocycles. The van der Waals surface area contributed by atoms with Gasteiger partial charge in [-0.3, -0.25) is 4.79 Å². The molecule has 10 heteroatoms. The van der Waals surface area contributed by atoms with Crippen LogP contribution in [0.5, 0.6) is 0 Å². The Bertz CT molecular complexity index is 1200. The average Bonchev–Trinajstić information content (AvgIpc) is 3.55. The maximum atomic E-state index is 12.0. The number of halogens is 1. The topological polar surface area (TPSA) is 78.7 Å². The first kappa shape index (κ1) is 26.7. The van der Waals surface area contributed by atoms with Crippen LogP contribution < -0.4 is 4.90 Å². The number of esters is 1. The molecule has 0 amide bonds. The molecule has 0 radical (unpaired) electrons. The Morgan fingerprint density at radius 3 is 2.57 bits per heavy atom. The molecule has 8 nitrogen and oxygen atoms in total. The van der Waals surface area contributed by atoms with Crippen LogP contribution in [0.25, 0.3) is 11.0 Å². The summed E-state index contributed by atoms with van der Waals surface area (Å²) in [5.41, 5.74) is 2.33. The molecule has 0 aromatic carbocycles. The normalized spacial score (nSPS) is 28.4. The van der Waals surface area contributed by atoms with Crippen molar-refractivity contribution in [1.82, 2.24) is 14.8 Å². The molecule has 0 N–H and O–H groups in total. The molecular formula is C27H39ClN4O4Si. The molecule has 2 aromatic rings. The van der Waals surface area contributed by atoms with E-state index in [1.54, 1.807) is 4.68 Å². The molecule has 3 aliphatic rings. The van der Waals surface area contributed by atoms with Crippen LogP contribution in [0, 0.1) is 11.8 Å². The third-order valence-corrected chi connectivity index (χ3v) is 13.6. The molecule has 3 fully saturated rings. The van der Waals surface area contributed by atoms with Gasteiger partial charge in [0.1, 0.15) is 11.3 Å². The molecule has 2 aliphatic heterocycles. The van der Waals surface area contributed by atoms with Gasteiger partial charge in [0.25, 0.3) is 0 Å². The number of anilines is 1. The predicted molar refractivity (Wildman–Crippen MR) is 147 cm³/mol. The molecule has 1 aliphatic carbocycles. The SMILES string of the molecule is C=C1[C@@H](OC(C)=O)[C@H](n2ncc3c(N4C[C@H]5CCC[C@H]5C4)cc(Cl)nc32)O[C@@H]1CO[Si](C)(C)C(C)(C)C. The molecule has 0 bridgehead atoms. The first-order chi connectivity index (χ1) is 17.4. The minimum atomic E-state index is -2.01. The van der Waals surface area contributed by atoms with Gasteiger partial charge in [0, 0.05) is 20.0 Å². The number of aromatic nitrogens is 3. The third kappa shape index (κ3) is 4.95. The summed E-state index contributed by atoms with van der Waals surface area (Å²) in [6.07, 6.45) is 3.89. The second-order valence-corrected chi connectivity index (χ2v) is 17.5. The number of carbonyl (C=O) groups is 1. The Balaban J connectivity index is 1.45. The number of hydrogen-bond acceptors (Lipinski definition) is 7. The Hall–Kier alpha value is -1.94. The van der Waals surface area contributed by atoms with Crippen molar-refractivity contribution < 1.29 is 18.7 Å². The summed E-state index contributed by atoms with van der Waals surface area (Å²) < 4.78 is 20.3. The van der Waals surface area contributed by atoms with Gasteiger partial charge in [-0.2, -0.15) is 5.10 Å². The van der Waals surface area contributed by atoms with Crippen molar-refractivity contribution in [3.8, 4) is 0 Å². The van der Waals surface area contributed by atoms with E-state index in [0.29, 0.717) is 23.0 Å². The van der Waals surface area contributed by atoms with E-state index < -0.39 is 32.7 Å². The standard InChI is InChI=1S/C27H39ClN4O4Si/c1-16-22(15-34-37(6,7)27(3,4)5)36-26(24(16)35-17(2)33)32-25-20(12-29-32)21(11-23(28)30-25)31-13-18-9-8-10-19(18)14-31/h11-12,18-19,22,24,26H,1,8-10,13-15H2,2-7H3/t18-,19+,22-,24-,26-/m1/s1. The van der Waals surface area contributed by atoms with Gasteiger partial charge < -0.3 is 18.8 Å². The minimum Gasteiger partial charge on any atom is -0.453 e. The fraction of sp³-hybridized carbons (Fsp3) is 0.667. The van der Waals surface area contributed by atoms with Crippen LogP contribution in [-0.2, 0) is 18.7 Å². The number of fused-ring (bicyclic) bond motifs is 2. The van der Waals surface area contributed by atoms with Gasteiger partial charge in [-0.25, -0.2) is 9.67 Å². The highest BCUT2D eigenvalue weighted by atomic mass is 35.5. The molecule has 4 heterocycles. The van der Waals surface area contributed by atoms with Gasteiger partial charge in [0.2, 0.25) is 0 Å². The maximum absolute atomic E-state index is 12.0. The predicted octanol–water partition coefficient (Wildman–Crippen LogP) is 5.73. The average molecular weight is 547 g/mol. The number of hydrogen-bond donors (Lipinski definition) is 0. The van der Waals surface area contributed by atoms with E-state index in [0.717, 1.165) is 36.0 Å². The minimum absolute atomic E-state index is 0.0605. The van der Waals surface area contributed by atoms with Crippen molar-refractivity contribution in [2.45, 2.75) is 83.5 Å².